The molecule has 0 unspecified atom stereocenters. The van der Waals surface area contributed by atoms with E-state index in [0.717, 1.165) is 31.1 Å². The summed E-state index contributed by atoms with van der Waals surface area (Å²) in [6.07, 6.45) is 1.08. The maximum Gasteiger partial charge on any atom is 0.131 e. The molecular formula is C14H15N3. The molecule has 1 aliphatic rings. The fourth-order valence-electron chi connectivity index (χ4n) is 2.05. The van der Waals surface area contributed by atoms with Crippen molar-refractivity contribution in [2.75, 3.05) is 17.2 Å². The van der Waals surface area contributed by atoms with Crippen molar-refractivity contribution in [2.24, 2.45) is 0 Å². The summed E-state index contributed by atoms with van der Waals surface area (Å²) in [5.74, 6) is 1.96. The van der Waals surface area contributed by atoms with Crippen LogP contribution in [0.5, 0.6) is 0 Å². The fraction of sp³-hybridized carbons (Fsp3) is 0.214. The lowest BCUT2D eigenvalue weighted by atomic mass is 10.2. The van der Waals surface area contributed by atoms with Crippen molar-refractivity contribution in [2.45, 2.75) is 13.0 Å². The maximum atomic E-state index is 4.55. The van der Waals surface area contributed by atoms with E-state index in [1.165, 1.54) is 11.1 Å². The fourth-order valence-corrected chi connectivity index (χ4v) is 2.05. The molecule has 86 valence electrons. The molecule has 2 heterocycles. The van der Waals surface area contributed by atoms with E-state index in [9.17, 15) is 0 Å². The molecule has 3 heteroatoms. The molecule has 0 saturated heterocycles. The highest BCUT2D eigenvalue weighted by Gasteiger charge is 2.11. The summed E-state index contributed by atoms with van der Waals surface area (Å²) in [6, 6.07) is 14.5. The summed E-state index contributed by atoms with van der Waals surface area (Å²) < 4.78 is 0. The summed E-state index contributed by atoms with van der Waals surface area (Å²) in [5, 5.41) is 6.63. The predicted octanol–water partition coefficient (Wildman–Crippen LogP) is 2.66. The van der Waals surface area contributed by atoms with Gasteiger partial charge in [0.05, 0.1) is 0 Å². The third-order valence-electron chi connectivity index (χ3n) is 2.98. The van der Waals surface area contributed by atoms with Gasteiger partial charge < -0.3 is 10.6 Å². The number of anilines is 2. The first kappa shape index (κ1) is 10.1. The Kier molecular flexibility index (Phi) is 2.66. The van der Waals surface area contributed by atoms with E-state index < -0.39 is 0 Å². The monoisotopic (exact) mass is 225 g/mol. The summed E-state index contributed by atoms with van der Waals surface area (Å²) in [7, 11) is 0. The number of pyridine rings is 1. The lowest BCUT2D eigenvalue weighted by molar-refractivity contribution is 1.10. The molecule has 0 amide bonds. The average Bonchev–Trinajstić information content (AvgIpc) is 2.85. The van der Waals surface area contributed by atoms with Crippen LogP contribution < -0.4 is 10.6 Å². The predicted molar refractivity (Wildman–Crippen MR) is 70.2 cm³/mol. The van der Waals surface area contributed by atoms with Crippen molar-refractivity contribution in [1.82, 2.24) is 4.98 Å². The van der Waals surface area contributed by atoms with E-state index in [-0.39, 0.29) is 0 Å². The molecule has 1 aromatic carbocycles. The molecule has 0 aliphatic carbocycles. The van der Waals surface area contributed by atoms with Crippen molar-refractivity contribution in [3.63, 3.8) is 0 Å². The van der Waals surface area contributed by atoms with Crippen molar-refractivity contribution in [1.29, 1.82) is 0 Å². The minimum absolute atomic E-state index is 0.812. The van der Waals surface area contributed by atoms with Gasteiger partial charge in [-0.15, -0.1) is 0 Å². The summed E-state index contributed by atoms with van der Waals surface area (Å²) in [6.45, 7) is 1.82. The molecule has 1 aromatic heterocycles. The van der Waals surface area contributed by atoms with Gasteiger partial charge in [0, 0.05) is 13.1 Å². The molecular weight excluding hydrogens is 210 g/mol. The summed E-state index contributed by atoms with van der Waals surface area (Å²) in [5.41, 5.74) is 2.58. The number of hydrogen-bond donors (Lipinski definition) is 2. The molecule has 0 bridgehead atoms. The SMILES string of the molecule is c1ccc(CNc2ccc3c(n2)NCC3)cc1. The Morgan fingerprint density at radius 2 is 2.00 bits per heavy atom. The Balaban J connectivity index is 1.70. The van der Waals surface area contributed by atoms with Gasteiger partial charge in [-0.25, -0.2) is 4.98 Å². The second-order valence-corrected chi connectivity index (χ2v) is 4.22. The highest BCUT2D eigenvalue weighted by molar-refractivity contribution is 5.54. The van der Waals surface area contributed by atoms with Gasteiger partial charge in [0.25, 0.3) is 0 Å². The highest BCUT2D eigenvalue weighted by Crippen LogP contribution is 2.21. The number of rotatable bonds is 3. The van der Waals surface area contributed by atoms with E-state index in [2.05, 4.69) is 52.0 Å². The Bertz CT molecular complexity index is 508. The van der Waals surface area contributed by atoms with Gasteiger partial charge in [0.2, 0.25) is 0 Å². The summed E-state index contributed by atoms with van der Waals surface area (Å²) >= 11 is 0. The van der Waals surface area contributed by atoms with Gasteiger partial charge >= 0.3 is 0 Å². The second kappa shape index (κ2) is 4.45. The van der Waals surface area contributed by atoms with E-state index in [0.29, 0.717) is 0 Å². The topological polar surface area (TPSA) is 37.0 Å². The van der Waals surface area contributed by atoms with Crippen LogP contribution in [-0.4, -0.2) is 11.5 Å². The minimum atomic E-state index is 0.812. The Hall–Kier alpha value is -2.03. The van der Waals surface area contributed by atoms with Crippen LogP contribution in [0.2, 0.25) is 0 Å². The van der Waals surface area contributed by atoms with Gasteiger partial charge in [0.1, 0.15) is 11.6 Å². The largest absolute Gasteiger partial charge is 0.369 e. The van der Waals surface area contributed by atoms with E-state index in [4.69, 9.17) is 0 Å². The molecule has 0 spiro atoms. The maximum absolute atomic E-state index is 4.55. The van der Waals surface area contributed by atoms with Crippen LogP contribution in [0.25, 0.3) is 0 Å². The molecule has 0 fully saturated rings. The number of aromatic nitrogens is 1. The van der Waals surface area contributed by atoms with E-state index in [1.807, 2.05) is 6.07 Å². The van der Waals surface area contributed by atoms with E-state index in [1.54, 1.807) is 0 Å². The van der Waals surface area contributed by atoms with Crippen LogP contribution in [0.3, 0.4) is 0 Å². The van der Waals surface area contributed by atoms with Crippen LogP contribution in [0.1, 0.15) is 11.1 Å². The normalized spacial score (nSPS) is 12.9. The zero-order chi connectivity index (χ0) is 11.5. The first-order valence-electron chi connectivity index (χ1n) is 5.93. The van der Waals surface area contributed by atoms with Crippen molar-refractivity contribution in [3.8, 4) is 0 Å². The summed E-state index contributed by atoms with van der Waals surface area (Å²) in [4.78, 5) is 4.55. The number of benzene rings is 1. The zero-order valence-corrected chi connectivity index (χ0v) is 9.61. The molecule has 2 N–H and O–H groups in total. The second-order valence-electron chi connectivity index (χ2n) is 4.22. The third-order valence-corrected chi connectivity index (χ3v) is 2.98. The van der Waals surface area contributed by atoms with Gasteiger partial charge in [-0.2, -0.15) is 0 Å². The lowest BCUT2D eigenvalue weighted by Crippen LogP contribution is -2.02. The van der Waals surface area contributed by atoms with Crippen LogP contribution in [-0.2, 0) is 13.0 Å². The molecule has 0 radical (unpaired) electrons. The Morgan fingerprint density at radius 3 is 2.88 bits per heavy atom. The molecule has 3 nitrogen and oxygen atoms in total. The number of fused-ring (bicyclic) bond motifs is 1. The molecule has 3 rings (SSSR count). The van der Waals surface area contributed by atoms with Gasteiger partial charge in [-0.1, -0.05) is 36.4 Å². The third kappa shape index (κ3) is 2.23. The lowest BCUT2D eigenvalue weighted by Gasteiger charge is -2.07. The van der Waals surface area contributed by atoms with Crippen LogP contribution in [0.15, 0.2) is 42.5 Å². The molecule has 17 heavy (non-hydrogen) atoms. The standard InChI is InChI=1S/C14H15N3/c1-2-4-11(5-3-1)10-16-13-7-6-12-8-9-15-14(12)17-13/h1-7H,8-10H2,(H2,15,16,17). The van der Waals surface area contributed by atoms with Gasteiger partial charge in [-0.3, -0.25) is 0 Å². The number of hydrogen-bond acceptors (Lipinski definition) is 3. The van der Waals surface area contributed by atoms with Gasteiger partial charge in [0.15, 0.2) is 0 Å². The molecule has 0 saturated carbocycles. The molecule has 0 atom stereocenters. The molecule has 1 aliphatic heterocycles. The molecule has 2 aromatic rings. The van der Waals surface area contributed by atoms with Crippen molar-refractivity contribution in [3.05, 3.63) is 53.6 Å². The highest BCUT2D eigenvalue weighted by atomic mass is 15.1. The van der Waals surface area contributed by atoms with Crippen LogP contribution in [0.4, 0.5) is 11.6 Å². The van der Waals surface area contributed by atoms with Gasteiger partial charge in [-0.05, 0) is 23.6 Å². The Labute approximate surface area is 101 Å². The average molecular weight is 225 g/mol. The minimum Gasteiger partial charge on any atom is -0.369 e. The van der Waals surface area contributed by atoms with Crippen molar-refractivity contribution >= 4 is 11.6 Å². The number of nitrogens with zero attached hydrogens (tertiary/aromatic N) is 1. The van der Waals surface area contributed by atoms with E-state index >= 15 is 0 Å². The first-order chi connectivity index (χ1) is 8.42. The number of nitrogens with one attached hydrogen (secondary N) is 2. The quantitative estimate of drug-likeness (QED) is 0.843. The first-order valence-corrected chi connectivity index (χ1v) is 5.93. The zero-order valence-electron chi connectivity index (χ0n) is 9.61. The van der Waals surface area contributed by atoms with Crippen LogP contribution in [0, 0.1) is 0 Å². The smallest absolute Gasteiger partial charge is 0.131 e. The Morgan fingerprint density at radius 1 is 1.12 bits per heavy atom. The van der Waals surface area contributed by atoms with Crippen LogP contribution >= 0.6 is 0 Å². The van der Waals surface area contributed by atoms with Crippen molar-refractivity contribution < 1.29 is 0 Å².